The summed E-state index contributed by atoms with van der Waals surface area (Å²) in [5.74, 6) is 1.55. The molecule has 62 valence electrons. The van der Waals surface area contributed by atoms with Crippen LogP contribution in [0.5, 0.6) is 0 Å². The maximum Gasteiger partial charge on any atom is 0.0163 e. The van der Waals surface area contributed by atoms with Crippen LogP contribution in [-0.2, 0) is 0 Å². The molecule has 1 heteroatoms. The van der Waals surface area contributed by atoms with Crippen LogP contribution in [0.1, 0.15) is 33.1 Å². The summed E-state index contributed by atoms with van der Waals surface area (Å²) in [5, 5.41) is 0. The maximum atomic E-state index is 6.09. The fraction of sp³-hybridized carbons (Fsp3) is 0.800. The van der Waals surface area contributed by atoms with Gasteiger partial charge >= 0.3 is 0 Å². The van der Waals surface area contributed by atoms with Gasteiger partial charge in [-0.2, -0.15) is 0 Å². The molecule has 0 radical (unpaired) electrons. The Bertz CT molecular complexity index is 197. The highest BCUT2D eigenvalue weighted by molar-refractivity contribution is 5.24. The average molecular weight is 151 g/mol. The van der Waals surface area contributed by atoms with Crippen molar-refractivity contribution in [2.24, 2.45) is 17.6 Å². The molecule has 2 atom stereocenters. The Hall–Kier alpha value is -0.300. The van der Waals surface area contributed by atoms with Crippen molar-refractivity contribution in [3.8, 4) is 0 Å². The molecule has 0 aromatic rings. The molecular formula is C10H17N. The van der Waals surface area contributed by atoms with Crippen molar-refractivity contribution >= 4 is 0 Å². The van der Waals surface area contributed by atoms with E-state index in [1.54, 1.807) is 5.57 Å². The van der Waals surface area contributed by atoms with E-state index in [1.807, 2.05) is 0 Å². The zero-order chi connectivity index (χ0) is 8.06. The molecule has 0 heterocycles. The minimum atomic E-state index is 0.0149. The predicted molar refractivity (Wildman–Crippen MR) is 47.2 cm³/mol. The lowest BCUT2D eigenvalue weighted by Gasteiger charge is -2.32. The molecule has 0 aliphatic heterocycles. The first-order chi connectivity index (χ1) is 5.07. The van der Waals surface area contributed by atoms with Gasteiger partial charge in [-0.25, -0.2) is 0 Å². The van der Waals surface area contributed by atoms with Gasteiger partial charge in [-0.3, -0.25) is 0 Å². The summed E-state index contributed by atoms with van der Waals surface area (Å²) in [6.07, 6.45) is 6.48. The molecule has 0 amide bonds. The largest absolute Gasteiger partial charge is 0.325 e. The van der Waals surface area contributed by atoms with Gasteiger partial charge in [0.15, 0.2) is 0 Å². The predicted octanol–water partition coefficient (Wildman–Crippen LogP) is 2.08. The molecule has 0 saturated carbocycles. The van der Waals surface area contributed by atoms with E-state index in [2.05, 4.69) is 19.9 Å². The summed E-state index contributed by atoms with van der Waals surface area (Å²) in [6, 6.07) is 0. The van der Waals surface area contributed by atoms with Gasteiger partial charge in [0.25, 0.3) is 0 Å². The minimum Gasteiger partial charge on any atom is -0.325 e. The van der Waals surface area contributed by atoms with Gasteiger partial charge in [0, 0.05) is 5.54 Å². The highest BCUT2D eigenvalue weighted by Crippen LogP contribution is 2.46. The first-order valence-electron chi connectivity index (χ1n) is 4.57. The molecule has 1 nitrogen and oxygen atoms in total. The van der Waals surface area contributed by atoms with Crippen LogP contribution in [-0.4, -0.2) is 5.54 Å². The lowest BCUT2D eigenvalue weighted by Crippen LogP contribution is -2.41. The first-order valence-corrected chi connectivity index (χ1v) is 4.57. The zero-order valence-corrected chi connectivity index (χ0v) is 7.43. The fourth-order valence-corrected chi connectivity index (χ4v) is 2.53. The van der Waals surface area contributed by atoms with E-state index < -0.39 is 0 Å². The molecule has 2 rings (SSSR count). The lowest BCUT2D eigenvalue weighted by atomic mass is 9.77. The standard InChI is InChI=1S/C10H17N/c1-10(2,11)9-6-7-3-4-8(9)5-7/h5,7,9H,3-4,6,11H2,1-2H3. The van der Waals surface area contributed by atoms with E-state index in [-0.39, 0.29) is 5.54 Å². The van der Waals surface area contributed by atoms with E-state index >= 15 is 0 Å². The average Bonchev–Trinajstić information content (AvgIpc) is 2.42. The van der Waals surface area contributed by atoms with Crippen molar-refractivity contribution in [3.05, 3.63) is 11.6 Å². The fourth-order valence-electron chi connectivity index (χ4n) is 2.53. The van der Waals surface area contributed by atoms with E-state index in [4.69, 9.17) is 5.73 Å². The van der Waals surface area contributed by atoms with Crippen LogP contribution < -0.4 is 5.73 Å². The maximum absolute atomic E-state index is 6.09. The Morgan fingerprint density at radius 1 is 1.55 bits per heavy atom. The van der Waals surface area contributed by atoms with Crippen molar-refractivity contribution in [3.63, 3.8) is 0 Å². The normalized spacial score (nSPS) is 36.1. The van der Waals surface area contributed by atoms with Crippen LogP contribution in [0.15, 0.2) is 11.6 Å². The van der Waals surface area contributed by atoms with Crippen molar-refractivity contribution in [2.45, 2.75) is 38.6 Å². The highest BCUT2D eigenvalue weighted by Gasteiger charge is 2.38. The highest BCUT2D eigenvalue weighted by atomic mass is 14.7. The molecule has 2 N–H and O–H groups in total. The van der Waals surface area contributed by atoms with Crippen LogP contribution in [0.2, 0.25) is 0 Å². The Morgan fingerprint density at radius 2 is 2.27 bits per heavy atom. The topological polar surface area (TPSA) is 26.0 Å². The molecule has 11 heavy (non-hydrogen) atoms. The van der Waals surface area contributed by atoms with Gasteiger partial charge in [-0.05, 0) is 44.9 Å². The van der Waals surface area contributed by atoms with Crippen LogP contribution in [0.4, 0.5) is 0 Å². The van der Waals surface area contributed by atoms with Gasteiger partial charge in [0.05, 0.1) is 0 Å². The quantitative estimate of drug-likeness (QED) is 0.570. The van der Waals surface area contributed by atoms with Gasteiger partial charge < -0.3 is 5.73 Å². The molecule has 0 spiro atoms. The van der Waals surface area contributed by atoms with Crippen molar-refractivity contribution in [1.82, 2.24) is 0 Å². The van der Waals surface area contributed by atoms with E-state index in [9.17, 15) is 0 Å². The number of hydrogen-bond donors (Lipinski definition) is 1. The molecule has 0 aromatic heterocycles. The Balaban J connectivity index is 2.15. The SMILES string of the molecule is CC(C)(N)C1CC2C=C1CC2. The Kier molecular flexibility index (Phi) is 1.40. The number of hydrogen-bond acceptors (Lipinski definition) is 1. The second-order valence-corrected chi connectivity index (χ2v) is 4.65. The van der Waals surface area contributed by atoms with Crippen molar-refractivity contribution in [2.75, 3.05) is 0 Å². The van der Waals surface area contributed by atoms with Crippen LogP contribution in [0.25, 0.3) is 0 Å². The number of rotatable bonds is 1. The van der Waals surface area contributed by atoms with Gasteiger partial charge in [0.1, 0.15) is 0 Å². The smallest absolute Gasteiger partial charge is 0.0163 e. The lowest BCUT2D eigenvalue weighted by molar-refractivity contribution is 0.304. The van der Waals surface area contributed by atoms with Gasteiger partial charge in [0.2, 0.25) is 0 Å². The third kappa shape index (κ3) is 1.12. The summed E-state index contributed by atoms with van der Waals surface area (Å²) in [6.45, 7) is 4.30. The minimum absolute atomic E-state index is 0.0149. The van der Waals surface area contributed by atoms with Gasteiger partial charge in [-0.1, -0.05) is 11.6 Å². The number of allylic oxidation sites excluding steroid dienone is 1. The second-order valence-electron chi connectivity index (χ2n) is 4.65. The zero-order valence-electron chi connectivity index (χ0n) is 7.43. The molecule has 0 aromatic carbocycles. The third-order valence-corrected chi connectivity index (χ3v) is 3.14. The number of fused-ring (bicyclic) bond motifs is 1. The molecule has 0 saturated heterocycles. The summed E-state index contributed by atoms with van der Waals surface area (Å²) in [4.78, 5) is 0. The Labute approximate surface area is 68.7 Å². The van der Waals surface area contributed by atoms with Crippen molar-refractivity contribution < 1.29 is 0 Å². The Morgan fingerprint density at radius 3 is 2.55 bits per heavy atom. The second kappa shape index (κ2) is 2.10. The van der Waals surface area contributed by atoms with Gasteiger partial charge in [-0.15, -0.1) is 0 Å². The molecule has 2 aliphatic carbocycles. The van der Waals surface area contributed by atoms with Crippen LogP contribution in [0.3, 0.4) is 0 Å². The van der Waals surface area contributed by atoms with Crippen molar-refractivity contribution in [1.29, 1.82) is 0 Å². The van der Waals surface area contributed by atoms with E-state index in [0.29, 0.717) is 5.92 Å². The molecule has 2 unspecified atom stereocenters. The monoisotopic (exact) mass is 151 g/mol. The molecular weight excluding hydrogens is 134 g/mol. The van der Waals surface area contributed by atoms with E-state index in [1.165, 1.54) is 19.3 Å². The summed E-state index contributed by atoms with van der Waals surface area (Å²) < 4.78 is 0. The summed E-state index contributed by atoms with van der Waals surface area (Å²) in [5.41, 5.74) is 7.74. The summed E-state index contributed by atoms with van der Waals surface area (Å²) in [7, 11) is 0. The third-order valence-electron chi connectivity index (χ3n) is 3.14. The number of nitrogens with two attached hydrogens (primary N) is 1. The van der Waals surface area contributed by atoms with Crippen LogP contribution in [0, 0.1) is 11.8 Å². The molecule has 2 aliphatic rings. The summed E-state index contributed by atoms with van der Waals surface area (Å²) >= 11 is 0. The van der Waals surface area contributed by atoms with Crippen LogP contribution >= 0.6 is 0 Å². The van der Waals surface area contributed by atoms with E-state index in [0.717, 1.165) is 5.92 Å². The molecule has 2 bridgehead atoms. The first kappa shape index (κ1) is 7.35. The molecule has 0 fully saturated rings.